The average molecular weight is 258 g/mol. The maximum atomic E-state index is 8.92. The highest BCUT2D eigenvalue weighted by Gasteiger charge is 2.19. The van der Waals surface area contributed by atoms with Crippen molar-refractivity contribution in [3.63, 3.8) is 0 Å². The summed E-state index contributed by atoms with van der Waals surface area (Å²) >= 11 is 0. The lowest BCUT2D eigenvalue weighted by atomic mass is 9.92. The molecule has 3 heteroatoms. The van der Waals surface area contributed by atoms with Gasteiger partial charge in [-0.05, 0) is 50.8 Å². The van der Waals surface area contributed by atoms with E-state index in [1.165, 1.54) is 18.4 Å². The molecule has 1 aliphatic carbocycles. The fraction of sp³-hybridized carbons (Fsp3) is 0.562. The van der Waals surface area contributed by atoms with Crippen LogP contribution in [0.5, 0.6) is 5.75 Å². The van der Waals surface area contributed by atoms with E-state index < -0.39 is 0 Å². The molecular weight excluding hydrogens is 236 g/mol. The Bertz CT molecular complexity index is 441. The zero-order valence-electron chi connectivity index (χ0n) is 11.8. The molecule has 0 aliphatic heterocycles. The van der Waals surface area contributed by atoms with Crippen LogP contribution >= 0.6 is 0 Å². The predicted molar refractivity (Wildman–Crippen MR) is 75.8 cm³/mol. The molecule has 0 aromatic heterocycles. The van der Waals surface area contributed by atoms with Crippen molar-refractivity contribution in [1.29, 1.82) is 5.26 Å². The maximum absolute atomic E-state index is 8.92. The van der Waals surface area contributed by atoms with Gasteiger partial charge in [0.25, 0.3) is 0 Å². The van der Waals surface area contributed by atoms with Crippen molar-refractivity contribution in [2.24, 2.45) is 5.41 Å². The molecule has 0 unspecified atom stereocenters. The summed E-state index contributed by atoms with van der Waals surface area (Å²) in [5, 5.41) is 12.4. The summed E-state index contributed by atoms with van der Waals surface area (Å²) in [4.78, 5) is 0. The lowest BCUT2D eigenvalue weighted by Crippen LogP contribution is -2.15. The summed E-state index contributed by atoms with van der Waals surface area (Å²) in [7, 11) is 0. The summed E-state index contributed by atoms with van der Waals surface area (Å²) in [5.74, 6) is 0.879. The highest BCUT2D eigenvalue weighted by Crippen LogP contribution is 2.21. The Morgan fingerprint density at radius 2 is 2.00 bits per heavy atom. The van der Waals surface area contributed by atoms with Crippen molar-refractivity contribution >= 4 is 0 Å². The van der Waals surface area contributed by atoms with Crippen LogP contribution in [0.1, 0.15) is 38.7 Å². The molecule has 0 saturated heterocycles. The summed E-state index contributed by atoms with van der Waals surface area (Å²) in [6.07, 6.45) is 3.38. The summed E-state index contributed by atoms with van der Waals surface area (Å²) in [5.41, 5.74) is 0.977. The van der Waals surface area contributed by atoms with Gasteiger partial charge in [-0.15, -0.1) is 0 Å². The van der Waals surface area contributed by atoms with Gasteiger partial charge in [0, 0.05) is 12.6 Å². The smallest absolute Gasteiger partial charge is 0.119 e. The van der Waals surface area contributed by atoms with Gasteiger partial charge in [-0.25, -0.2) is 0 Å². The molecule has 1 aromatic carbocycles. The molecule has 1 aliphatic rings. The van der Waals surface area contributed by atoms with Crippen molar-refractivity contribution < 1.29 is 4.74 Å². The highest BCUT2D eigenvalue weighted by molar-refractivity contribution is 5.27. The number of hydrogen-bond donors (Lipinski definition) is 1. The molecule has 3 nitrogen and oxygen atoms in total. The van der Waals surface area contributed by atoms with Gasteiger partial charge < -0.3 is 10.1 Å². The fourth-order valence-electron chi connectivity index (χ4n) is 1.73. The van der Waals surface area contributed by atoms with E-state index in [-0.39, 0.29) is 5.41 Å². The van der Waals surface area contributed by atoms with Crippen LogP contribution in [-0.4, -0.2) is 12.6 Å². The Labute approximate surface area is 115 Å². The van der Waals surface area contributed by atoms with E-state index >= 15 is 0 Å². The number of nitrogens with zero attached hydrogens (tertiary/aromatic N) is 1. The van der Waals surface area contributed by atoms with E-state index in [1.807, 2.05) is 26.0 Å². The molecule has 0 spiro atoms. The molecule has 0 radical (unpaired) electrons. The third kappa shape index (κ3) is 4.92. The van der Waals surface area contributed by atoms with Crippen molar-refractivity contribution in [3.8, 4) is 11.8 Å². The Morgan fingerprint density at radius 3 is 2.58 bits per heavy atom. The van der Waals surface area contributed by atoms with Crippen LogP contribution in [0.2, 0.25) is 0 Å². The number of benzene rings is 1. The largest absolute Gasteiger partial charge is 0.494 e. The molecule has 19 heavy (non-hydrogen) atoms. The molecule has 1 aromatic rings. The van der Waals surface area contributed by atoms with Crippen LogP contribution in [0.25, 0.3) is 0 Å². The summed E-state index contributed by atoms with van der Waals surface area (Å²) in [6.45, 7) is 5.39. The van der Waals surface area contributed by atoms with Crippen molar-refractivity contribution in [2.45, 2.75) is 45.7 Å². The normalized spacial score (nSPS) is 15.0. The van der Waals surface area contributed by atoms with Crippen LogP contribution in [0.15, 0.2) is 24.3 Å². The second kappa shape index (κ2) is 6.08. The molecule has 0 bridgehead atoms. The SMILES string of the molecule is CC(C)(C#N)CCOc1ccc(CNC2CC2)cc1. The number of nitrogens with one attached hydrogen (secondary N) is 1. The lowest BCUT2D eigenvalue weighted by Gasteiger charge is -2.15. The van der Waals surface area contributed by atoms with E-state index in [9.17, 15) is 0 Å². The molecule has 1 fully saturated rings. The van der Waals surface area contributed by atoms with E-state index in [2.05, 4.69) is 23.5 Å². The van der Waals surface area contributed by atoms with Gasteiger partial charge in [-0.3, -0.25) is 0 Å². The Morgan fingerprint density at radius 1 is 1.32 bits per heavy atom. The Kier molecular flexibility index (Phi) is 4.44. The second-order valence-corrected chi connectivity index (χ2v) is 5.89. The average Bonchev–Trinajstić information content (AvgIpc) is 3.22. The molecule has 0 atom stereocenters. The van der Waals surface area contributed by atoms with Crippen molar-refractivity contribution in [2.75, 3.05) is 6.61 Å². The van der Waals surface area contributed by atoms with Gasteiger partial charge >= 0.3 is 0 Å². The standard InChI is InChI=1S/C16H22N2O/c1-16(2,12-17)9-10-19-15-7-3-13(4-8-15)11-18-14-5-6-14/h3-4,7-8,14,18H,5-6,9-11H2,1-2H3. The van der Waals surface area contributed by atoms with Crippen molar-refractivity contribution in [1.82, 2.24) is 5.32 Å². The minimum Gasteiger partial charge on any atom is -0.494 e. The summed E-state index contributed by atoms with van der Waals surface area (Å²) < 4.78 is 5.67. The topological polar surface area (TPSA) is 45.0 Å². The van der Waals surface area contributed by atoms with Gasteiger partial charge in [-0.2, -0.15) is 5.26 Å². The van der Waals surface area contributed by atoms with Gasteiger partial charge in [-0.1, -0.05) is 12.1 Å². The van der Waals surface area contributed by atoms with E-state index in [0.29, 0.717) is 6.61 Å². The second-order valence-electron chi connectivity index (χ2n) is 5.89. The lowest BCUT2D eigenvalue weighted by molar-refractivity contribution is 0.264. The number of ether oxygens (including phenoxy) is 1. The van der Waals surface area contributed by atoms with Gasteiger partial charge in [0.15, 0.2) is 0 Å². The minimum absolute atomic E-state index is 0.311. The van der Waals surface area contributed by atoms with Crippen LogP contribution in [0, 0.1) is 16.7 Å². The van der Waals surface area contributed by atoms with Gasteiger partial charge in [0.2, 0.25) is 0 Å². The quantitative estimate of drug-likeness (QED) is 0.816. The number of nitriles is 1. The molecule has 102 valence electrons. The number of hydrogen-bond acceptors (Lipinski definition) is 3. The van der Waals surface area contributed by atoms with Crippen molar-refractivity contribution in [3.05, 3.63) is 29.8 Å². The zero-order valence-corrected chi connectivity index (χ0v) is 11.8. The first-order valence-electron chi connectivity index (χ1n) is 6.95. The first kappa shape index (κ1) is 13.9. The fourth-order valence-corrected chi connectivity index (χ4v) is 1.73. The minimum atomic E-state index is -0.311. The van der Waals surface area contributed by atoms with Crippen LogP contribution in [0.3, 0.4) is 0 Å². The van der Waals surface area contributed by atoms with Crippen LogP contribution in [-0.2, 0) is 6.54 Å². The Balaban J connectivity index is 1.73. The first-order valence-corrected chi connectivity index (χ1v) is 6.95. The first-order chi connectivity index (χ1) is 9.09. The zero-order chi connectivity index (χ0) is 13.7. The molecule has 0 heterocycles. The monoisotopic (exact) mass is 258 g/mol. The van der Waals surface area contributed by atoms with E-state index in [0.717, 1.165) is 24.8 Å². The third-order valence-electron chi connectivity index (χ3n) is 3.39. The third-order valence-corrected chi connectivity index (χ3v) is 3.39. The molecule has 2 rings (SSSR count). The maximum Gasteiger partial charge on any atom is 0.119 e. The van der Waals surface area contributed by atoms with Crippen LogP contribution in [0.4, 0.5) is 0 Å². The van der Waals surface area contributed by atoms with Gasteiger partial charge in [0.05, 0.1) is 18.1 Å². The Hall–Kier alpha value is -1.53. The van der Waals surface area contributed by atoms with Crippen LogP contribution < -0.4 is 10.1 Å². The highest BCUT2D eigenvalue weighted by atomic mass is 16.5. The predicted octanol–water partition coefficient (Wildman–Crippen LogP) is 3.26. The van der Waals surface area contributed by atoms with E-state index in [1.54, 1.807) is 0 Å². The molecular formula is C16H22N2O. The summed E-state index contributed by atoms with van der Waals surface area (Å²) in [6, 6.07) is 11.2. The molecule has 0 amide bonds. The number of rotatable bonds is 7. The molecule has 1 N–H and O–H groups in total. The van der Waals surface area contributed by atoms with Gasteiger partial charge in [0.1, 0.15) is 5.75 Å². The molecule has 1 saturated carbocycles. The van der Waals surface area contributed by atoms with E-state index in [4.69, 9.17) is 10.00 Å².